The van der Waals surface area contributed by atoms with Crippen molar-refractivity contribution in [2.75, 3.05) is 25.5 Å². The normalized spacial score (nSPS) is 10.8. The molecule has 0 saturated carbocycles. The molecule has 0 aliphatic rings. The van der Waals surface area contributed by atoms with Crippen LogP contribution in [0.1, 0.15) is 27.6 Å². The molecule has 0 atom stereocenters. The van der Waals surface area contributed by atoms with Crippen LogP contribution < -0.4 is 9.46 Å². The lowest BCUT2D eigenvalue weighted by Crippen LogP contribution is -2.15. The van der Waals surface area contributed by atoms with Crippen molar-refractivity contribution in [3.05, 3.63) is 53.6 Å². The number of carbonyl (C=O) groups is 2. The summed E-state index contributed by atoms with van der Waals surface area (Å²) in [6, 6.07) is 9.63. The summed E-state index contributed by atoms with van der Waals surface area (Å²) < 4.78 is 42.1. The number of sulfonamides is 1. The van der Waals surface area contributed by atoms with E-state index in [0.717, 1.165) is 0 Å². The van der Waals surface area contributed by atoms with Gasteiger partial charge in [-0.3, -0.25) is 4.72 Å². The number of nitrogens with one attached hydrogen (secondary N) is 1. The lowest BCUT2D eigenvalue weighted by Gasteiger charge is -2.11. The van der Waals surface area contributed by atoms with Crippen molar-refractivity contribution >= 4 is 27.6 Å². The van der Waals surface area contributed by atoms with Crippen molar-refractivity contribution in [2.45, 2.75) is 11.8 Å². The largest absolute Gasteiger partial charge is 0.494 e. The molecule has 27 heavy (non-hydrogen) atoms. The maximum atomic E-state index is 12.6. The number of methoxy groups -OCH3 is 2. The summed E-state index contributed by atoms with van der Waals surface area (Å²) in [5.41, 5.74) is 0.0294. The van der Waals surface area contributed by atoms with Crippen molar-refractivity contribution in [3.8, 4) is 5.75 Å². The molecule has 0 bridgehead atoms. The van der Waals surface area contributed by atoms with E-state index in [0.29, 0.717) is 12.4 Å². The van der Waals surface area contributed by atoms with Gasteiger partial charge in [0.15, 0.2) is 0 Å². The molecule has 1 N–H and O–H groups in total. The van der Waals surface area contributed by atoms with Gasteiger partial charge in [-0.25, -0.2) is 18.0 Å². The number of esters is 2. The van der Waals surface area contributed by atoms with Crippen LogP contribution >= 0.6 is 0 Å². The Hall–Kier alpha value is -3.07. The third kappa shape index (κ3) is 4.98. The molecule has 144 valence electrons. The molecule has 0 heterocycles. The van der Waals surface area contributed by atoms with Gasteiger partial charge in [0.2, 0.25) is 0 Å². The average molecular weight is 393 g/mol. The van der Waals surface area contributed by atoms with Crippen molar-refractivity contribution < 1.29 is 32.2 Å². The fourth-order valence-electron chi connectivity index (χ4n) is 2.25. The van der Waals surface area contributed by atoms with E-state index in [1.807, 2.05) is 6.92 Å². The van der Waals surface area contributed by atoms with Gasteiger partial charge in [0.1, 0.15) is 5.75 Å². The highest BCUT2D eigenvalue weighted by Crippen LogP contribution is 2.22. The van der Waals surface area contributed by atoms with Crippen LogP contribution in [0.5, 0.6) is 5.75 Å². The minimum Gasteiger partial charge on any atom is -0.494 e. The molecular weight excluding hydrogens is 374 g/mol. The Labute approximate surface area is 157 Å². The van der Waals surface area contributed by atoms with Gasteiger partial charge in [-0.05, 0) is 49.4 Å². The minimum atomic E-state index is -3.95. The summed E-state index contributed by atoms with van der Waals surface area (Å²) in [7, 11) is -1.60. The molecule has 8 nitrogen and oxygen atoms in total. The molecule has 0 unspecified atom stereocenters. The first-order chi connectivity index (χ1) is 12.8. The summed E-state index contributed by atoms with van der Waals surface area (Å²) in [6.07, 6.45) is 0. The summed E-state index contributed by atoms with van der Waals surface area (Å²) in [5, 5.41) is 0. The maximum absolute atomic E-state index is 12.6. The van der Waals surface area contributed by atoms with E-state index in [9.17, 15) is 18.0 Å². The van der Waals surface area contributed by atoms with Crippen LogP contribution in [0.4, 0.5) is 5.69 Å². The first-order valence-electron chi connectivity index (χ1n) is 7.88. The second kappa shape index (κ2) is 8.54. The Morgan fingerprint density at radius 1 is 0.926 bits per heavy atom. The third-order valence-electron chi connectivity index (χ3n) is 3.47. The summed E-state index contributed by atoms with van der Waals surface area (Å²) in [6.45, 7) is 2.28. The summed E-state index contributed by atoms with van der Waals surface area (Å²) >= 11 is 0. The molecule has 0 radical (unpaired) electrons. The lowest BCUT2D eigenvalue weighted by molar-refractivity contribution is 0.0599. The molecule has 0 saturated heterocycles. The summed E-state index contributed by atoms with van der Waals surface area (Å²) in [4.78, 5) is 23.6. The van der Waals surface area contributed by atoms with Gasteiger partial charge >= 0.3 is 11.9 Å². The van der Waals surface area contributed by atoms with Gasteiger partial charge in [0.25, 0.3) is 10.0 Å². The topological polar surface area (TPSA) is 108 Å². The first kappa shape index (κ1) is 20.2. The van der Waals surface area contributed by atoms with E-state index >= 15 is 0 Å². The molecule has 2 aromatic rings. The molecule has 0 fully saturated rings. The minimum absolute atomic E-state index is 0.00444. The highest BCUT2D eigenvalue weighted by atomic mass is 32.2. The standard InChI is InChI=1S/C18H19NO7S/c1-4-26-15-5-7-16(8-6-15)27(22,23)19-14-10-12(17(20)24-2)9-13(11-14)18(21)25-3/h5-11,19H,4H2,1-3H3. The van der Waals surface area contributed by atoms with Crippen molar-refractivity contribution in [3.63, 3.8) is 0 Å². The molecule has 2 aromatic carbocycles. The molecule has 0 amide bonds. The Kier molecular flexibility index (Phi) is 6.40. The van der Waals surface area contributed by atoms with Crippen molar-refractivity contribution in [2.24, 2.45) is 0 Å². The van der Waals surface area contributed by atoms with E-state index in [4.69, 9.17) is 4.74 Å². The second-order valence-electron chi connectivity index (χ2n) is 5.29. The lowest BCUT2D eigenvalue weighted by atomic mass is 10.1. The number of benzene rings is 2. The van der Waals surface area contributed by atoms with Gasteiger partial charge in [0.05, 0.1) is 42.5 Å². The molecular formula is C18H19NO7S. The van der Waals surface area contributed by atoms with Crippen molar-refractivity contribution in [1.82, 2.24) is 0 Å². The van der Waals surface area contributed by atoms with Crippen LogP contribution in [0.25, 0.3) is 0 Å². The monoisotopic (exact) mass is 393 g/mol. The predicted octanol–water partition coefficient (Wildman–Crippen LogP) is 2.46. The molecule has 0 aliphatic carbocycles. The van der Waals surface area contributed by atoms with Crippen LogP contribution in [0, 0.1) is 0 Å². The second-order valence-corrected chi connectivity index (χ2v) is 6.97. The zero-order valence-electron chi connectivity index (χ0n) is 15.0. The molecule has 0 aliphatic heterocycles. The number of hydrogen-bond donors (Lipinski definition) is 1. The summed E-state index contributed by atoms with van der Waals surface area (Å²) in [5.74, 6) is -0.901. The fourth-order valence-corrected chi connectivity index (χ4v) is 3.29. The van der Waals surface area contributed by atoms with E-state index in [1.165, 1.54) is 56.7 Å². The van der Waals surface area contributed by atoms with E-state index in [1.54, 1.807) is 0 Å². The van der Waals surface area contributed by atoms with E-state index in [-0.39, 0.29) is 21.7 Å². The van der Waals surface area contributed by atoms with Crippen LogP contribution in [0.15, 0.2) is 47.4 Å². The number of rotatable bonds is 7. The Balaban J connectivity index is 2.38. The maximum Gasteiger partial charge on any atom is 0.337 e. The zero-order valence-corrected chi connectivity index (χ0v) is 15.8. The number of hydrogen-bond acceptors (Lipinski definition) is 7. The van der Waals surface area contributed by atoms with Gasteiger partial charge in [-0.2, -0.15) is 0 Å². The first-order valence-corrected chi connectivity index (χ1v) is 9.36. The fraction of sp³-hybridized carbons (Fsp3) is 0.222. The highest BCUT2D eigenvalue weighted by Gasteiger charge is 2.18. The Bertz CT molecular complexity index is 902. The quantitative estimate of drug-likeness (QED) is 0.720. The molecule has 9 heteroatoms. The average Bonchev–Trinajstić information content (AvgIpc) is 2.66. The predicted molar refractivity (Wildman–Crippen MR) is 97.5 cm³/mol. The Morgan fingerprint density at radius 3 is 1.89 bits per heavy atom. The van der Waals surface area contributed by atoms with Gasteiger partial charge in [-0.1, -0.05) is 0 Å². The third-order valence-corrected chi connectivity index (χ3v) is 4.87. The van der Waals surface area contributed by atoms with Gasteiger partial charge < -0.3 is 14.2 Å². The molecule has 0 spiro atoms. The van der Waals surface area contributed by atoms with Gasteiger partial charge in [-0.15, -0.1) is 0 Å². The number of anilines is 1. The Morgan fingerprint density at radius 2 is 1.44 bits per heavy atom. The SMILES string of the molecule is CCOc1ccc(S(=O)(=O)Nc2cc(C(=O)OC)cc(C(=O)OC)c2)cc1. The zero-order chi connectivity index (χ0) is 20.0. The van der Waals surface area contributed by atoms with Crippen LogP contribution in [-0.4, -0.2) is 41.2 Å². The van der Waals surface area contributed by atoms with E-state index in [2.05, 4.69) is 14.2 Å². The number of ether oxygens (including phenoxy) is 3. The smallest absolute Gasteiger partial charge is 0.337 e. The van der Waals surface area contributed by atoms with Crippen LogP contribution in [-0.2, 0) is 19.5 Å². The molecule has 0 aromatic heterocycles. The molecule has 2 rings (SSSR count). The highest BCUT2D eigenvalue weighted by molar-refractivity contribution is 7.92. The number of carbonyl (C=O) groups excluding carboxylic acids is 2. The van der Waals surface area contributed by atoms with E-state index < -0.39 is 22.0 Å². The van der Waals surface area contributed by atoms with Crippen LogP contribution in [0.2, 0.25) is 0 Å². The van der Waals surface area contributed by atoms with Crippen LogP contribution in [0.3, 0.4) is 0 Å². The van der Waals surface area contributed by atoms with Gasteiger partial charge in [0, 0.05) is 0 Å². The van der Waals surface area contributed by atoms with Crippen molar-refractivity contribution in [1.29, 1.82) is 0 Å².